The molecule has 18 heavy (non-hydrogen) atoms. The van der Waals surface area contributed by atoms with Crippen LogP contribution in [0.25, 0.3) is 0 Å². The minimum absolute atomic E-state index is 0.173. The fraction of sp³-hybridized carbons (Fsp3) is 0.308. The number of fused-ring (bicyclic) bond motifs is 1. The first-order valence-electron chi connectivity index (χ1n) is 5.65. The molecule has 0 bridgehead atoms. The quantitative estimate of drug-likeness (QED) is 0.575. The van der Waals surface area contributed by atoms with Gasteiger partial charge in [0.05, 0.1) is 12.2 Å². The Kier molecular flexibility index (Phi) is 3.14. The van der Waals surface area contributed by atoms with E-state index in [1.165, 1.54) is 7.05 Å². The van der Waals surface area contributed by atoms with Gasteiger partial charge in [-0.1, -0.05) is 18.2 Å². The number of ether oxygens (including phenoxy) is 1. The topological polar surface area (TPSA) is 63.7 Å². The van der Waals surface area contributed by atoms with Crippen LogP contribution in [0.4, 0.5) is 0 Å². The van der Waals surface area contributed by atoms with E-state index in [-0.39, 0.29) is 18.1 Å². The van der Waals surface area contributed by atoms with Gasteiger partial charge in [0.25, 0.3) is 5.91 Å². The van der Waals surface area contributed by atoms with Crippen LogP contribution in [0.2, 0.25) is 0 Å². The first kappa shape index (κ1) is 12.3. The number of carbonyl (C=O) groups excluding carboxylic acids is 3. The number of hydrogen-bond acceptors (Lipinski definition) is 4. The lowest BCUT2D eigenvalue weighted by atomic mass is 9.92. The highest BCUT2D eigenvalue weighted by atomic mass is 16.5. The lowest BCUT2D eigenvalue weighted by molar-refractivity contribution is -0.146. The van der Waals surface area contributed by atoms with Crippen molar-refractivity contribution in [3.05, 3.63) is 35.4 Å². The van der Waals surface area contributed by atoms with Crippen molar-refractivity contribution in [2.24, 2.45) is 0 Å². The van der Waals surface area contributed by atoms with E-state index in [0.717, 1.165) is 4.90 Å². The van der Waals surface area contributed by atoms with Gasteiger partial charge in [0.2, 0.25) is 0 Å². The summed E-state index contributed by atoms with van der Waals surface area (Å²) in [4.78, 5) is 37.1. The van der Waals surface area contributed by atoms with Crippen molar-refractivity contribution >= 4 is 17.7 Å². The molecule has 0 aromatic heterocycles. The van der Waals surface area contributed by atoms with Crippen molar-refractivity contribution < 1.29 is 19.1 Å². The van der Waals surface area contributed by atoms with Crippen molar-refractivity contribution in [2.45, 2.75) is 13.0 Å². The molecule has 0 saturated carbocycles. The van der Waals surface area contributed by atoms with Crippen LogP contribution in [0.15, 0.2) is 24.3 Å². The van der Waals surface area contributed by atoms with Crippen LogP contribution in [0.3, 0.4) is 0 Å². The Hall–Kier alpha value is -2.17. The third kappa shape index (κ3) is 1.77. The van der Waals surface area contributed by atoms with Gasteiger partial charge in [-0.05, 0) is 13.0 Å². The zero-order valence-corrected chi connectivity index (χ0v) is 10.2. The molecule has 94 valence electrons. The number of likely N-dealkylation sites (N-methyl/N-ethyl adjacent to an activating group) is 1. The van der Waals surface area contributed by atoms with Crippen LogP contribution < -0.4 is 0 Å². The van der Waals surface area contributed by atoms with E-state index in [9.17, 15) is 14.4 Å². The molecule has 0 fully saturated rings. The number of rotatable bonds is 2. The van der Waals surface area contributed by atoms with E-state index in [4.69, 9.17) is 4.74 Å². The first-order valence-corrected chi connectivity index (χ1v) is 5.65. The van der Waals surface area contributed by atoms with Crippen LogP contribution in [0.1, 0.15) is 27.6 Å². The van der Waals surface area contributed by atoms with Gasteiger partial charge in [-0.25, -0.2) is 4.79 Å². The molecule has 5 heteroatoms. The van der Waals surface area contributed by atoms with Crippen LogP contribution >= 0.6 is 0 Å². The minimum Gasteiger partial charge on any atom is -0.464 e. The highest BCUT2D eigenvalue weighted by Gasteiger charge is 2.41. The van der Waals surface area contributed by atoms with E-state index in [2.05, 4.69) is 0 Å². The molecule has 5 nitrogen and oxygen atoms in total. The number of Topliss-reactive ketones (excluding diaryl/α,β-unsaturated/α-hetero) is 1. The van der Waals surface area contributed by atoms with Gasteiger partial charge in [0.1, 0.15) is 0 Å². The second-order valence-electron chi connectivity index (χ2n) is 3.98. The number of benzene rings is 1. The fourth-order valence-corrected chi connectivity index (χ4v) is 2.00. The molecule has 1 aliphatic heterocycles. The van der Waals surface area contributed by atoms with Gasteiger partial charge in [0, 0.05) is 12.6 Å². The van der Waals surface area contributed by atoms with Gasteiger partial charge < -0.3 is 9.64 Å². The molecular weight excluding hydrogens is 234 g/mol. The van der Waals surface area contributed by atoms with Crippen molar-refractivity contribution in [3.8, 4) is 0 Å². The van der Waals surface area contributed by atoms with Gasteiger partial charge in [0.15, 0.2) is 11.8 Å². The van der Waals surface area contributed by atoms with Crippen molar-refractivity contribution in [3.63, 3.8) is 0 Å². The van der Waals surface area contributed by atoms with Gasteiger partial charge >= 0.3 is 5.97 Å². The predicted molar refractivity (Wildman–Crippen MR) is 63.3 cm³/mol. The largest absolute Gasteiger partial charge is 0.464 e. The SMILES string of the molecule is CCOC(=O)C1C(=O)c2ccccc2C(=O)N1C. The summed E-state index contributed by atoms with van der Waals surface area (Å²) < 4.78 is 4.83. The summed E-state index contributed by atoms with van der Waals surface area (Å²) in [5, 5.41) is 0. The molecule has 0 N–H and O–H groups in total. The standard InChI is InChI=1S/C13H13NO4/c1-3-18-13(17)10-11(15)8-6-4-5-7-9(8)12(16)14(10)2/h4-7,10H,3H2,1-2H3. The Morgan fingerprint density at radius 2 is 1.89 bits per heavy atom. The number of ketones is 1. The maximum absolute atomic E-state index is 12.2. The summed E-state index contributed by atoms with van der Waals surface area (Å²) >= 11 is 0. The molecule has 1 heterocycles. The van der Waals surface area contributed by atoms with E-state index in [0.29, 0.717) is 5.56 Å². The number of amides is 1. The summed E-state index contributed by atoms with van der Waals surface area (Å²) in [7, 11) is 1.43. The third-order valence-electron chi connectivity index (χ3n) is 2.89. The summed E-state index contributed by atoms with van der Waals surface area (Å²) in [5.74, 6) is -1.43. The van der Waals surface area contributed by atoms with E-state index < -0.39 is 17.8 Å². The molecule has 1 atom stereocenters. The molecule has 0 radical (unpaired) electrons. The zero-order valence-electron chi connectivity index (χ0n) is 10.2. The summed E-state index contributed by atoms with van der Waals surface area (Å²) in [6, 6.07) is 5.30. The molecule has 0 aliphatic carbocycles. The number of nitrogens with zero attached hydrogens (tertiary/aromatic N) is 1. The molecule has 1 aliphatic rings. The lowest BCUT2D eigenvalue weighted by Gasteiger charge is -2.30. The maximum atomic E-state index is 12.2. The highest BCUT2D eigenvalue weighted by Crippen LogP contribution is 2.22. The van der Waals surface area contributed by atoms with Gasteiger partial charge in [-0.3, -0.25) is 9.59 Å². The van der Waals surface area contributed by atoms with Crippen molar-refractivity contribution in [1.29, 1.82) is 0 Å². The summed E-state index contributed by atoms with van der Waals surface area (Å²) in [6.45, 7) is 1.83. The Labute approximate surface area is 104 Å². The monoisotopic (exact) mass is 247 g/mol. The smallest absolute Gasteiger partial charge is 0.337 e. The average molecular weight is 247 g/mol. The fourth-order valence-electron chi connectivity index (χ4n) is 2.00. The molecule has 2 rings (SSSR count). The predicted octanol–water partition coefficient (Wildman–Crippen LogP) is 0.887. The molecule has 1 amide bonds. The van der Waals surface area contributed by atoms with Crippen molar-refractivity contribution in [1.82, 2.24) is 4.90 Å². The maximum Gasteiger partial charge on any atom is 0.337 e. The lowest BCUT2D eigenvalue weighted by Crippen LogP contribution is -2.52. The molecule has 0 spiro atoms. The second-order valence-corrected chi connectivity index (χ2v) is 3.98. The van der Waals surface area contributed by atoms with Crippen LogP contribution in [-0.2, 0) is 9.53 Å². The number of esters is 1. The Morgan fingerprint density at radius 3 is 2.50 bits per heavy atom. The van der Waals surface area contributed by atoms with E-state index >= 15 is 0 Å². The molecule has 0 saturated heterocycles. The summed E-state index contributed by atoms with van der Waals surface area (Å²) in [5.41, 5.74) is 0.601. The number of hydrogen-bond donors (Lipinski definition) is 0. The second kappa shape index (κ2) is 4.60. The summed E-state index contributed by atoms with van der Waals surface area (Å²) in [6.07, 6.45) is 0. The normalized spacial score (nSPS) is 18.6. The molecule has 1 aromatic rings. The van der Waals surface area contributed by atoms with Crippen molar-refractivity contribution in [2.75, 3.05) is 13.7 Å². The van der Waals surface area contributed by atoms with E-state index in [1.54, 1.807) is 31.2 Å². The van der Waals surface area contributed by atoms with Crippen LogP contribution in [0, 0.1) is 0 Å². The van der Waals surface area contributed by atoms with Crippen LogP contribution in [-0.4, -0.2) is 42.3 Å². The molecular formula is C13H13NO4. The molecule has 1 aromatic carbocycles. The van der Waals surface area contributed by atoms with Gasteiger partial charge in [-0.2, -0.15) is 0 Å². The average Bonchev–Trinajstić information content (AvgIpc) is 2.37. The first-order chi connectivity index (χ1) is 8.57. The minimum atomic E-state index is -1.17. The Bertz CT molecular complexity index is 523. The van der Waals surface area contributed by atoms with Gasteiger partial charge in [-0.15, -0.1) is 0 Å². The number of carbonyl (C=O) groups is 3. The Balaban J connectivity index is 2.46. The zero-order chi connectivity index (χ0) is 13.3. The molecule has 1 unspecified atom stereocenters. The third-order valence-corrected chi connectivity index (χ3v) is 2.89. The van der Waals surface area contributed by atoms with E-state index in [1.807, 2.05) is 0 Å². The Morgan fingerprint density at radius 1 is 1.28 bits per heavy atom. The van der Waals surface area contributed by atoms with Crippen LogP contribution in [0.5, 0.6) is 0 Å². The highest BCUT2D eigenvalue weighted by molar-refractivity contribution is 6.22.